The number of hydrogen-bond acceptors (Lipinski definition) is 3. The third kappa shape index (κ3) is 1.74. The highest BCUT2D eigenvalue weighted by Gasteiger charge is 2.10. The van der Waals surface area contributed by atoms with E-state index < -0.39 is 0 Å². The lowest BCUT2D eigenvalue weighted by atomic mass is 10.0. The van der Waals surface area contributed by atoms with Crippen LogP contribution in [0.15, 0.2) is 40.8 Å². The van der Waals surface area contributed by atoms with Crippen molar-refractivity contribution < 1.29 is 9.52 Å². The molecule has 3 nitrogen and oxygen atoms in total. The highest BCUT2D eigenvalue weighted by atomic mass is 16.3. The van der Waals surface area contributed by atoms with Crippen molar-refractivity contribution in [3.63, 3.8) is 0 Å². The molecule has 0 unspecified atom stereocenters. The van der Waals surface area contributed by atoms with Crippen molar-refractivity contribution in [3.8, 4) is 16.9 Å². The van der Waals surface area contributed by atoms with Crippen molar-refractivity contribution in [2.24, 2.45) is 0 Å². The minimum absolute atomic E-state index is 0.222. The van der Waals surface area contributed by atoms with Gasteiger partial charge < -0.3 is 9.52 Å². The number of aromatic hydroxyl groups is 1. The number of oxazole rings is 1. The summed E-state index contributed by atoms with van der Waals surface area (Å²) in [5, 5.41) is 10.1. The molecule has 0 spiro atoms. The fourth-order valence-electron chi connectivity index (χ4n) is 2.04. The maximum absolute atomic E-state index is 10.1. The molecule has 1 N–H and O–H groups in total. The Balaban J connectivity index is 2.21. The average Bonchev–Trinajstić information content (AvgIpc) is 2.68. The van der Waals surface area contributed by atoms with Crippen molar-refractivity contribution in [3.05, 3.63) is 47.9 Å². The zero-order chi connectivity index (χ0) is 12.7. The molecule has 2 aromatic carbocycles. The third-order valence-corrected chi connectivity index (χ3v) is 2.98. The number of phenolic OH excluding ortho intramolecular Hbond substituents is 1. The second-order valence-corrected chi connectivity index (χ2v) is 4.44. The smallest absolute Gasteiger partial charge is 0.192 e. The van der Waals surface area contributed by atoms with Gasteiger partial charge in [0.2, 0.25) is 0 Å². The number of nitrogens with zero attached hydrogens (tertiary/aromatic N) is 1. The van der Waals surface area contributed by atoms with E-state index in [4.69, 9.17) is 4.42 Å². The molecule has 0 fully saturated rings. The number of aromatic nitrogens is 1. The number of rotatable bonds is 1. The molecular formula is C15H13NO2. The predicted molar refractivity (Wildman–Crippen MR) is 70.6 cm³/mol. The maximum atomic E-state index is 10.1. The number of fused-ring (bicyclic) bond motifs is 1. The highest BCUT2D eigenvalue weighted by molar-refractivity contribution is 5.84. The Labute approximate surface area is 105 Å². The Morgan fingerprint density at radius 2 is 1.78 bits per heavy atom. The van der Waals surface area contributed by atoms with Crippen LogP contribution in [0.3, 0.4) is 0 Å². The van der Waals surface area contributed by atoms with Crippen LogP contribution in [0.2, 0.25) is 0 Å². The second-order valence-electron chi connectivity index (χ2n) is 4.44. The lowest BCUT2D eigenvalue weighted by molar-refractivity contribution is 0.477. The van der Waals surface area contributed by atoms with Gasteiger partial charge >= 0.3 is 0 Å². The second kappa shape index (κ2) is 3.88. The highest BCUT2D eigenvalue weighted by Crippen LogP contribution is 2.33. The largest absolute Gasteiger partial charge is 0.507 e. The van der Waals surface area contributed by atoms with Gasteiger partial charge in [-0.25, -0.2) is 4.98 Å². The molecule has 3 heteroatoms. The molecule has 0 saturated heterocycles. The van der Waals surface area contributed by atoms with Crippen molar-refractivity contribution in [2.75, 3.05) is 0 Å². The molecule has 0 radical (unpaired) electrons. The fraction of sp³-hybridized carbons (Fsp3) is 0.133. The van der Waals surface area contributed by atoms with Gasteiger partial charge in [-0.05, 0) is 18.6 Å². The van der Waals surface area contributed by atoms with Gasteiger partial charge in [0.1, 0.15) is 11.3 Å². The van der Waals surface area contributed by atoms with Crippen LogP contribution in [-0.2, 0) is 0 Å². The minimum Gasteiger partial charge on any atom is -0.507 e. The van der Waals surface area contributed by atoms with Crippen LogP contribution in [0, 0.1) is 13.8 Å². The molecule has 0 bridgehead atoms. The summed E-state index contributed by atoms with van der Waals surface area (Å²) in [6.07, 6.45) is 0. The van der Waals surface area contributed by atoms with Crippen LogP contribution in [0.1, 0.15) is 11.5 Å². The minimum atomic E-state index is 0.222. The molecule has 0 aliphatic carbocycles. The van der Waals surface area contributed by atoms with E-state index in [0.29, 0.717) is 17.0 Å². The first kappa shape index (κ1) is 10.8. The van der Waals surface area contributed by atoms with Gasteiger partial charge in [-0.3, -0.25) is 0 Å². The average molecular weight is 239 g/mol. The first-order valence-corrected chi connectivity index (χ1v) is 5.81. The quantitative estimate of drug-likeness (QED) is 0.702. The van der Waals surface area contributed by atoms with Crippen LogP contribution in [0.4, 0.5) is 0 Å². The van der Waals surface area contributed by atoms with E-state index in [0.717, 1.165) is 11.1 Å². The molecule has 3 aromatic rings. The van der Waals surface area contributed by atoms with Crippen LogP contribution < -0.4 is 0 Å². The summed E-state index contributed by atoms with van der Waals surface area (Å²) in [5.41, 5.74) is 4.30. The summed E-state index contributed by atoms with van der Waals surface area (Å²) >= 11 is 0. The molecule has 18 heavy (non-hydrogen) atoms. The van der Waals surface area contributed by atoms with Crippen molar-refractivity contribution in [1.29, 1.82) is 0 Å². The predicted octanol–water partition coefficient (Wildman–Crippen LogP) is 3.82. The standard InChI is InChI=1S/C15H13NO2/c1-9-3-5-11(6-4-9)12-7-15-13(8-14(12)17)16-10(2)18-15/h3-8,17H,1-2H3. The molecule has 1 aromatic heterocycles. The number of benzene rings is 2. The summed E-state index contributed by atoms with van der Waals surface area (Å²) in [5.74, 6) is 0.824. The van der Waals surface area contributed by atoms with Crippen LogP contribution in [0.5, 0.6) is 5.75 Å². The monoisotopic (exact) mass is 239 g/mol. The molecule has 0 aliphatic rings. The van der Waals surface area contributed by atoms with Gasteiger partial charge in [-0.1, -0.05) is 29.8 Å². The van der Waals surface area contributed by atoms with Gasteiger partial charge in [0, 0.05) is 18.6 Å². The van der Waals surface area contributed by atoms with E-state index in [1.807, 2.05) is 37.3 Å². The lowest BCUT2D eigenvalue weighted by Crippen LogP contribution is -1.80. The summed E-state index contributed by atoms with van der Waals surface area (Å²) < 4.78 is 5.49. The molecule has 90 valence electrons. The molecule has 3 rings (SSSR count). The molecule has 1 heterocycles. The van der Waals surface area contributed by atoms with Gasteiger partial charge in [-0.2, -0.15) is 0 Å². The summed E-state index contributed by atoms with van der Waals surface area (Å²) in [7, 11) is 0. The summed E-state index contributed by atoms with van der Waals surface area (Å²) in [4.78, 5) is 4.20. The molecule has 0 aliphatic heterocycles. The van der Waals surface area contributed by atoms with Crippen molar-refractivity contribution in [2.45, 2.75) is 13.8 Å². The SMILES string of the molecule is Cc1ccc(-c2cc3oc(C)nc3cc2O)cc1. The molecule has 0 saturated carbocycles. The maximum Gasteiger partial charge on any atom is 0.192 e. The first-order valence-electron chi connectivity index (χ1n) is 5.81. The number of aryl methyl sites for hydroxylation is 2. The molecular weight excluding hydrogens is 226 g/mol. The third-order valence-electron chi connectivity index (χ3n) is 2.98. The van der Waals surface area contributed by atoms with Gasteiger partial charge in [-0.15, -0.1) is 0 Å². The Kier molecular flexibility index (Phi) is 2.33. The van der Waals surface area contributed by atoms with E-state index >= 15 is 0 Å². The van der Waals surface area contributed by atoms with Gasteiger partial charge in [0.15, 0.2) is 11.5 Å². The Morgan fingerprint density at radius 1 is 1.06 bits per heavy atom. The molecule has 0 amide bonds. The fourth-order valence-corrected chi connectivity index (χ4v) is 2.04. The lowest BCUT2D eigenvalue weighted by Gasteiger charge is -2.04. The number of phenols is 1. The van der Waals surface area contributed by atoms with Crippen molar-refractivity contribution >= 4 is 11.1 Å². The number of hydrogen-bond donors (Lipinski definition) is 1. The molecule has 0 atom stereocenters. The Morgan fingerprint density at radius 3 is 2.50 bits per heavy atom. The Bertz CT molecular complexity index is 711. The zero-order valence-corrected chi connectivity index (χ0v) is 10.3. The van der Waals surface area contributed by atoms with E-state index in [1.165, 1.54) is 5.56 Å². The van der Waals surface area contributed by atoms with E-state index in [-0.39, 0.29) is 5.75 Å². The first-order chi connectivity index (χ1) is 8.63. The van der Waals surface area contributed by atoms with Gasteiger partial charge in [0.05, 0.1) is 0 Å². The van der Waals surface area contributed by atoms with E-state index in [2.05, 4.69) is 4.98 Å². The Hall–Kier alpha value is -2.29. The van der Waals surface area contributed by atoms with E-state index in [1.54, 1.807) is 13.0 Å². The summed E-state index contributed by atoms with van der Waals surface area (Å²) in [6.45, 7) is 3.83. The van der Waals surface area contributed by atoms with Crippen LogP contribution >= 0.6 is 0 Å². The zero-order valence-electron chi connectivity index (χ0n) is 10.3. The summed E-state index contributed by atoms with van der Waals surface area (Å²) in [6, 6.07) is 11.5. The van der Waals surface area contributed by atoms with Crippen molar-refractivity contribution in [1.82, 2.24) is 4.98 Å². The normalized spacial score (nSPS) is 11.0. The topological polar surface area (TPSA) is 46.3 Å². The van der Waals surface area contributed by atoms with Gasteiger partial charge in [0.25, 0.3) is 0 Å². The van der Waals surface area contributed by atoms with Crippen LogP contribution in [-0.4, -0.2) is 10.1 Å². The van der Waals surface area contributed by atoms with Crippen LogP contribution in [0.25, 0.3) is 22.2 Å². The van der Waals surface area contributed by atoms with E-state index in [9.17, 15) is 5.11 Å².